The van der Waals surface area contributed by atoms with E-state index in [1.807, 2.05) is 0 Å². The highest BCUT2D eigenvalue weighted by atomic mass is 35.7. The number of nitrogen functional groups attached to an aromatic ring is 3. The van der Waals surface area contributed by atoms with Crippen LogP contribution in [0.25, 0.3) is 0 Å². The van der Waals surface area contributed by atoms with Gasteiger partial charge in [0.25, 0.3) is 0 Å². The van der Waals surface area contributed by atoms with E-state index in [1.165, 1.54) is 0 Å². The molecule has 11 heteroatoms. The topological polar surface area (TPSA) is 198 Å². The van der Waals surface area contributed by atoms with Crippen LogP contribution in [-0.4, -0.2) is 19.5 Å². The Labute approximate surface area is 73.9 Å². The van der Waals surface area contributed by atoms with Crippen molar-refractivity contribution in [2.45, 2.75) is 0 Å². The van der Waals surface area contributed by atoms with Gasteiger partial charge in [-0.05, 0) is 0 Å². The maximum absolute atomic E-state index is 8.60. The van der Waals surface area contributed by atoms with Gasteiger partial charge in [0.15, 0.2) is 0 Å². The number of anilines is 2. The Balaban J connectivity index is 0.000000252. The van der Waals surface area contributed by atoms with Gasteiger partial charge in [0.2, 0.25) is 11.9 Å². The van der Waals surface area contributed by atoms with Crippen LogP contribution in [0.3, 0.4) is 0 Å². The molecule has 0 amide bonds. The second-order valence-corrected chi connectivity index (χ2v) is 2.47. The molecule has 1 heterocycles. The summed E-state index contributed by atoms with van der Waals surface area (Å²) < 4.78 is 33.7. The lowest BCUT2D eigenvalue weighted by Crippen LogP contribution is -2.58. The van der Waals surface area contributed by atoms with Crippen molar-refractivity contribution in [1.82, 2.24) is 14.9 Å². The molecule has 0 aromatic carbocycles. The van der Waals surface area contributed by atoms with Crippen molar-refractivity contribution >= 4 is 11.9 Å². The van der Waals surface area contributed by atoms with Crippen molar-refractivity contribution < 1.29 is 28.9 Å². The van der Waals surface area contributed by atoms with Gasteiger partial charge in [-0.15, -0.1) is 10.2 Å². The molecule has 1 aromatic rings. The summed E-state index contributed by atoms with van der Waals surface area (Å²) in [7, 11) is -4.69. The highest BCUT2D eigenvalue weighted by molar-refractivity contribution is 5.28. The fraction of sp³-hybridized carbons (Fsp3) is 0. The number of hydrogen-bond donors (Lipinski definition) is 4. The van der Waals surface area contributed by atoms with Gasteiger partial charge in [-0.1, -0.05) is 0 Å². The Morgan fingerprint density at radius 1 is 1.15 bits per heavy atom. The van der Waals surface area contributed by atoms with Gasteiger partial charge >= 0.3 is 0 Å². The van der Waals surface area contributed by atoms with Crippen molar-refractivity contribution in [2.24, 2.45) is 0 Å². The van der Waals surface area contributed by atoms with Crippen molar-refractivity contribution in [2.75, 3.05) is 17.3 Å². The molecule has 10 nitrogen and oxygen atoms in total. The largest absolute Gasteiger partial charge is 0.366 e. The van der Waals surface area contributed by atoms with E-state index >= 15 is 0 Å². The summed E-state index contributed by atoms with van der Waals surface area (Å²) in [5.41, 5.74) is 10.2. The monoisotopic (exact) mass is 214 g/mol. The molecule has 0 atom stereocenters. The molecule has 1 aromatic heterocycles. The van der Waals surface area contributed by atoms with Crippen LogP contribution < -0.4 is 31.3 Å². The second-order valence-electron chi connectivity index (χ2n) is 1.68. The zero-order chi connectivity index (χ0) is 10.6. The third-order valence-electron chi connectivity index (χ3n) is 0.749. The van der Waals surface area contributed by atoms with Crippen LogP contribution in [0.5, 0.6) is 0 Å². The molecule has 0 aliphatic carbocycles. The Bertz CT molecular complexity index is 243. The molecular formula is C2H7ClN6O4. The minimum Gasteiger partial charge on any atom is -0.366 e. The Morgan fingerprint density at radius 2 is 1.38 bits per heavy atom. The second kappa shape index (κ2) is 4.06. The van der Waals surface area contributed by atoms with Crippen LogP contribution in [-0.2, 0) is 0 Å². The molecule has 0 bridgehead atoms. The molecule has 76 valence electrons. The van der Waals surface area contributed by atoms with Crippen molar-refractivity contribution in [3.8, 4) is 0 Å². The van der Waals surface area contributed by atoms with E-state index in [4.69, 9.17) is 35.9 Å². The lowest BCUT2D eigenvalue weighted by Gasteiger charge is -2.03. The maximum atomic E-state index is 8.60. The molecule has 0 saturated heterocycles. The predicted octanol–water partition coefficient (Wildman–Crippen LogP) is -5.97. The Morgan fingerprint density at radius 3 is 1.46 bits per heavy atom. The average Bonchev–Trinajstić information content (AvgIpc) is 2.16. The van der Waals surface area contributed by atoms with Gasteiger partial charge in [0.05, 0.1) is 14.9 Å². The molecule has 0 saturated carbocycles. The first-order chi connectivity index (χ1) is 5.72. The van der Waals surface area contributed by atoms with Crippen molar-refractivity contribution in [1.29, 1.82) is 0 Å². The van der Waals surface area contributed by atoms with E-state index in [0.717, 1.165) is 4.68 Å². The number of halogens is 1. The predicted molar refractivity (Wildman–Crippen MR) is 31.2 cm³/mol. The van der Waals surface area contributed by atoms with Gasteiger partial charge in [-0.3, -0.25) is 0 Å². The molecule has 13 heavy (non-hydrogen) atoms. The minimum absolute atomic E-state index is 0.113. The highest BCUT2D eigenvalue weighted by Gasteiger charge is 1.99. The van der Waals surface area contributed by atoms with Crippen LogP contribution in [0, 0.1) is 10.2 Å². The van der Waals surface area contributed by atoms with Crippen molar-refractivity contribution in [3.63, 3.8) is 0 Å². The zero-order valence-electron chi connectivity index (χ0n) is 6.12. The van der Waals surface area contributed by atoms with E-state index in [2.05, 4.69) is 10.2 Å². The SMILES string of the molecule is Nc1nnc(N)n1N.[O-][Cl+3]([O-])([O-])O. The molecule has 0 aliphatic heterocycles. The molecule has 1 rings (SSSR count). The fourth-order valence-electron chi connectivity index (χ4n) is 0.316. The van der Waals surface area contributed by atoms with E-state index in [1.54, 1.807) is 0 Å². The zero-order valence-corrected chi connectivity index (χ0v) is 6.88. The van der Waals surface area contributed by atoms with E-state index in [0.29, 0.717) is 0 Å². The smallest absolute Gasteiger partial charge is 0.242 e. The van der Waals surface area contributed by atoms with E-state index in [9.17, 15) is 0 Å². The minimum atomic E-state index is -4.69. The number of aromatic nitrogens is 3. The normalized spacial score (nSPS) is 10.5. The first-order valence-corrected chi connectivity index (χ1v) is 3.83. The van der Waals surface area contributed by atoms with Crippen molar-refractivity contribution in [3.05, 3.63) is 0 Å². The standard InChI is InChI=1S/C2H6N6.ClHO4/c3-1-6-7-2(4)8(1)5;2-1(3,4)5/h5H2,(H2,3,6)(H2,4,7);(H,2,3,4,5). The van der Waals surface area contributed by atoms with Crippen LogP contribution in [0.2, 0.25) is 0 Å². The number of hydrogen-bond acceptors (Lipinski definition) is 9. The van der Waals surface area contributed by atoms with Gasteiger partial charge in [-0.25, -0.2) is 0 Å². The molecule has 0 unspecified atom stereocenters. The van der Waals surface area contributed by atoms with Crippen LogP contribution in [0.1, 0.15) is 0 Å². The lowest BCUT2D eigenvalue weighted by molar-refractivity contribution is -1.92. The Kier molecular flexibility index (Phi) is 3.65. The molecular weight excluding hydrogens is 208 g/mol. The third-order valence-corrected chi connectivity index (χ3v) is 0.749. The molecule has 0 radical (unpaired) electrons. The summed E-state index contributed by atoms with van der Waals surface area (Å²) in [5.74, 6) is 5.37. The maximum Gasteiger partial charge on any atom is 0.242 e. The lowest BCUT2D eigenvalue weighted by atomic mass is 11.0. The molecule has 7 N–H and O–H groups in total. The van der Waals surface area contributed by atoms with E-state index < -0.39 is 10.2 Å². The van der Waals surface area contributed by atoms with Crippen LogP contribution in [0.15, 0.2) is 0 Å². The summed E-state index contributed by atoms with van der Waals surface area (Å²) >= 11 is 0. The first-order valence-electron chi connectivity index (χ1n) is 2.56. The van der Waals surface area contributed by atoms with E-state index in [-0.39, 0.29) is 11.9 Å². The summed E-state index contributed by atoms with van der Waals surface area (Å²) in [6.07, 6.45) is 0. The summed E-state index contributed by atoms with van der Waals surface area (Å²) in [6.45, 7) is 0. The Hall–Kier alpha value is -1.33. The highest BCUT2D eigenvalue weighted by Crippen LogP contribution is 1.95. The van der Waals surface area contributed by atoms with Gasteiger partial charge < -0.3 is 17.3 Å². The van der Waals surface area contributed by atoms with Crippen LogP contribution in [0.4, 0.5) is 11.9 Å². The van der Waals surface area contributed by atoms with Crippen LogP contribution >= 0.6 is 0 Å². The summed E-state index contributed by atoms with van der Waals surface area (Å²) in [4.78, 5) is 0. The third kappa shape index (κ3) is 5.89. The first kappa shape index (κ1) is 11.7. The van der Waals surface area contributed by atoms with Gasteiger partial charge in [0.1, 0.15) is 0 Å². The molecule has 0 spiro atoms. The fourth-order valence-corrected chi connectivity index (χ4v) is 0.316. The average molecular weight is 215 g/mol. The summed E-state index contributed by atoms with van der Waals surface area (Å²) in [5, 5.41) is 6.71. The number of rotatable bonds is 0. The summed E-state index contributed by atoms with van der Waals surface area (Å²) in [6, 6.07) is 0. The number of nitrogens with zero attached hydrogens (tertiary/aromatic N) is 3. The number of nitrogens with two attached hydrogens (primary N) is 3. The molecule has 0 fully saturated rings. The van der Waals surface area contributed by atoms with Gasteiger partial charge in [-0.2, -0.15) is 18.7 Å². The molecule has 0 aliphatic rings. The quantitative estimate of drug-likeness (QED) is 0.303. The van der Waals surface area contributed by atoms with Gasteiger partial charge in [0, 0.05) is 0 Å².